The van der Waals surface area contributed by atoms with Crippen LogP contribution in [0.15, 0.2) is 17.2 Å². The minimum absolute atomic E-state index is 0.0179. The molecule has 206 valence electrons. The largest absolute Gasteiger partial charge is 0.479 e. The van der Waals surface area contributed by atoms with E-state index in [1.807, 2.05) is 0 Å². The van der Waals surface area contributed by atoms with Crippen LogP contribution in [0, 0.1) is 0 Å². The lowest BCUT2D eigenvalue weighted by Gasteiger charge is -2.18. The van der Waals surface area contributed by atoms with Crippen molar-refractivity contribution < 1.29 is 42.9 Å². The molecular formula is C23H34N4O10. The first kappa shape index (κ1) is 30.9. The molecular weight excluding hydrogens is 492 g/mol. The van der Waals surface area contributed by atoms with Crippen molar-refractivity contribution in [3.63, 3.8) is 0 Å². The fourth-order valence-electron chi connectivity index (χ4n) is 2.41. The van der Waals surface area contributed by atoms with Gasteiger partial charge in [-0.05, 0) is 55.4 Å². The van der Waals surface area contributed by atoms with E-state index in [2.05, 4.69) is 14.9 Å². The molecule has 0 aliphatic carbocycles. The SMILES string of the molecule is CCOC(=O)c1cn(C(=O)OC(C)(C)C)[nH]c1=O.CCOC(=O)c1cn(C(=O)OC(C)(C)C)nc1OC. The number of rotatable bonds is 5. The highest BCUT2D eigenvalue weighted by Gasteiger charge is 2.24. The summed E-state index contributed by atoms with van der Waals surface area (Å²) in [5, 5.41) is 6.03. The van der Waals surface area contributed by atoms with E-state index in [4.69, 9.17) is 18.9 Å². The summed E-state index contributed by atoms with van der Waals surface area (Å²) in [4.78, 5) is 57.9. The second-order valence-electron chi connectivity index (χ2n) is 9.25. The first-order valence-corrected chi connectivity index (χ1v) is 11.3. The summed E-state index contributed by atoms with van der Waals surface area (Å²) in [5.41, 5.74) is -2.19. The topological polar surface area (TPSA) is 170 Å². The maximum Gasteiger partial charge on any atom is 0.435 e. The Kier molecular flexibility index (Phi) is 10.6. The number of ether oxygens (including phenoxy) is 5. The lowest BCUT2D eigenvalue weighted by atomic mass is 10.2. The van der Waals surface area contributed by atoms with E-state index in [9.17, 15) is 24.0 Å². The molecule has 0 aromatic carbocycles. The van der Waals surface area contributed by atoms with Crippen LogP contribution in [0.4, 0.5) is 9.59 Å². The number of aromatic nitrogens is 4. The van der Waals surface area contributed by atoms with Gasteiger partial charge in [0.2, 0.25) is 5.88 Å². The van der Waals surface area contributed by atoms with Gasteiger partial charge in [0.05, 0.1) is 32.7 Å². The Hall–Kier alpha value is -4.10. The van der Waals surface area contributed by atoms with Gasteiger partial charge in [-0.25, -0.2) is 19.2 Å². The van der Waals surface area contributed by atoms with Crippen molar-refractivity contribution in [1.29, 1.82) is 0 Å². The van der Waals surface area contributed by atoms with E-state index in [1.165, 1.54) is 13.3 Å². The fourth-order valence-corrected chi connectivity index (χ4v) is 2.41. The molecule has 14 heteroatoms. The molecule has 0 bridgehead atoms. The summed E-state index contributed by atoms with van der Waals surface area (Å²) in [5.74, 6) is -1.36. The highest BCUT2D eigenvalue weighted by molar-refractivity contribution is 5.92. The molecule has 2 aromatic heterocycles. The summed E-state index contributed by atoms with van der Waals surface area (Å²) in [6.07, 6.45) is 0.829. The fraction of sp³-hybridized carbons (Fsp3) is 0.565. The number of nitrogens with zero attached hydrogens (tertiary/aromatic N) is 3. The van der Waals surface area contributed by atoms with Crippen molar-refractivity contribution in [2.45, 2.75) is 66.6 Å². The number of hydrogen-bond donors (Lipinski definition) is 1. The van der Waals surface area contributed by atoms with Gasteiger partial charge >= 0.3 is 24.1 Å². The Morgan fingerprint density at radius 3 is 1.78 bits per heavy atom. The number of carbonyl (C=O) groups excluding carboxylic acids is 4. The van der Waals surface area contributed by atoms with Crippen LogP contribution in [0.25, 0.3) is 0 Å². The predicted molar refractivity (Wildman–Crippen MR) is 129 cm³/mol. The van der Waals surface area contributed by atoms with Gasteiger partial charge in [-0.1, -0.05) is 0 Å². The normalized spacial score (nSPS) is 11.1. The molecule has 0 aliphatic heterocycles. The lowest BCUT2D eigenvalue weighted by molar-refractivity contribution is 0.0497. The minimum atomic E-state index is -0.777. The molecule has 0 spiro atoms. The molecule has 2 heterocycles. The Morgan fingerprint density at radius 2 is 1.32 bits per heavy atom. The number of methoxy groups -OCH3 is 1. The van der Waals surface area contributed by atoms with Gasteiger partial charge in [-0.15, -0.1) is 5.10 Å². The quantitative estimate of drug-likeness (QED) is 0.449. The average molecular weight is 527 g/mol. The maximum absolute atomic E-state index is 11.8. The zero-order valence-electron chi connectivity index (χ0n) is 22.5. The monoisotopic (exact) mass is 526 g/mol. The molecule has 2 rings (SSSR count). The van der Waals surface area contributed by atoms with Crippen LogP contribution in [-0.2, 0) is 18.9 Å². The van der Waals surface area contributed by atoms with Crippen LogP contribution >= 0.6 is 0 Å². The number of carbonyl (C=O) groups is 4. The van der Waals surface area contributed by atoms with Gasteiger partial charge in [0, 0.05) is 0 Å². The molecule has 0 saturated carbocycles. The highest BCUT2D eigenvalue weighted by atomic mass is 16.6. The van der Waals surface area contributed by atoms with Gasteiger partial charge in [0.1, 0.15) is 22.3 Å². The van der Waals surface area contributed by atoms with E-state index in [1.54, 1.807) is 55.4 Å². The van der Waals surface area contributed by atoms with Gasteiger partial charge in [0.25, 0.3) is 5.56 Å². The Bertz CT molecular complexity index is 1160. The van der Waals surface area contributed by atoms with E-state index < -0.39 is 40.9 Å². The van der Waals surface area contributed by atoms with Crippen LogP contribution < -0.4 is 10.3 Å². The van der Waals surface area contributed by atoms with Crippen LogP contribution in [0.3, 0.4) is 0 Å². The summed E-state index contributed by atoms with van der Waals surface area (Å²) in [7, 11) is 1.35. The number of aromatic amines is 1. The summed E-state index contributed by atoms with van der Waals surface area (Å²) in [6.45, 7) is 14.0. The van der Waals surface area contributed by atoms with Gasteiger partial charge < -0.3 is 23.7 Å². The molecule has 0 aliphatic rings. The first-order valence-electron chi connectivity index (χ1n) is 11.3. The highest BCUT2D eigenvalue weighted by Crippen LogP contribution is 2.18. The molecule has 0 unspecified atom stereocenters. The minimum Gasteiger partial charge on any atom is -0.479 e. The van der Waals surface area contributed by atoms with Gasteiger partial charge in [0.15, 0.2) is 0 Å². The zero-order chi connectivity index (χ0) is 28.6. The molecule has 2 aromatic rings. The number of hydrogen-bond acceptors (Lipinski definition) is 11. The van der Waals surface area contributed by atoms with Crippen molar-refractivity contribution >= 4 is 24.1 Å². The third-order valence-electron chi connectivity index (χ3n) is 3.76. The van der Waals surface area contributed by atoms with E-state index >= 15 is 0 Å². The second-order valence-corrected chi connectivity index (χ2v) is 9.25. The number of H-pyrrole nitrogens is 1. The lowest BCUT2D eigenvalue weighted by Crippen LogP contribution is -2.28. The molecule has 0 atom stereocenters. The van der Waals surface area contributed by atoms with Gasteiger partial charge in [-0.3, -0.25) is 9.89 Å². The molecule has 37 heavy (non-hydrogen) atoms. The molecule has 14 nitrogen and oxygen atoms in total. The standard InChI is InChI=1S/C12H18N2O5.C11H16N2O5/c1-6-18-10(15)8-7-14(13-9(8)17-5)11(16)19-12(2,3)4;1-5-17-9(15)7-6-13(12-8(7)14)10(16)18-11(2,3)4/h7H,6H2,1-5H3;6H,5H2,1-4H3,(H,12,14). The Labute approximate surface area is 213 Å². The van der Waals surface area contributed by atoms with E-state index in [-0.39, 0.29) is 30.2 Å². The second kappa shape index (κ2) is 12.7. The van der Waals surface area contributed by atoms with Crippen LogP contribution in [0.2, 0.25) is 0 Å². The molecule has 1 N–H and O–H groups in total. The smallest absolute Gasteiger partial charge is 0.435 e. The Morgan fingerprint density at radius 1 is 0.838 bits per heavy atom. The zero-order valence-corrected chi connectivity index (χ0v) is 22.5. The molecule has 0 radical (unpaired) electrons. The van der Waals surface area contributed by atoms with Crippen molar-refractivity contribution in [1.82, 2.24) is 19.6 Å². The first-order chi connectivity index (χ1) is 17.0. The van der Waals surface area contributed by atoms with E-state index in [0.29, 0.717) is 0 Å². The third-order valence-corrected chi connectivity index (χ3v) is 3.76. The van der Waals surface area contributed by atoms with Crippen LogP contribution in [-0.4, -0.2) is 75.2 Å². The number of nitrogens with one attached hydrogen (secondary N) is 1. The van der Waals surface area contributed by atoms with Gasteiger partial charge in [-0.2, -0.15) is 9.36 Å². The van der Waals surface area contributed by atoms with Crippen LogP contribution in [0.5, 0.6) is 5.88 Å². The average Bonchev–Trinajstić information content (AvgIpc) is 3.36. The summed E-state index contributed by atoms with van der Waals surface area (Å²) < 4.78 is 26.3. The van der Waals surface area contributed by atoms with Crippen molar-refractivity contribution in [2.24, 2.45) is 0 Å². The molecule has 0 amide bonds. The third kappa shape index (κ3) is 9.82. The Balaban J connectivity index is 0.000000371. The van der Waals surface area contributed by atoms with Crippen molar-refractivity contribution in [2.75, 3.05) is 20.3 Å². The van der Waals surface area contributed by atoms with Crippen molar-refractivity contribution in [3.8, 4) is 5.88 Å². The number of esters is 2. The van der Waals surface area contributed by atoms with E-state index in [0.717, 1.165) is 15.6 Å². The molecule has 0 fully saturated rings. The molecule has 0 saturated heterocycles. The maximum atomic E-state index is 11.8. The van der Waals surface area contributed by atoms with Crippen molar-refractivity contribution in [3.05, 3.63) is 33.9 Å². The summed E-state index contributed by atoms with van der Waals surface area (Å²) >= 11 is 0. The predicted octanol–water partition coefficient (Wildman–Crippen LogP) is 2.99. The summed E-state index contributed by atoms with van der Waals surface area (Å²) in [6, 6.07) is 0. The van der Waals surface area contributed by atoms with Crippen LogP contribution in [0.1, 0.15) is 76.1 Å².